The monoisotopic (exact) mass is 556 g/mol. The number of hydrogen-bond acceptors (Lipinski definition) is 6. The highest BCUT2D eigenvalue weighted by atomic mass is 16.2. The number of hydrogen-bond donors (Lipinski definition) is 1. The molecule has 0 bridgehead atoms. The summed E-state index contributed by atoms with van der Waals surface area (Å²) in [5.74, 6) is 1.13. The number of anilines is 3. The topological polar surface area (TPSA) is 73.7 Å². The molecule has 218 valence electrons. The Bertz CT molecular complexity index is 1400. The Hall–Kier alpha value is -3.49. The molecular formula is C33H44N6O2. The number of aryl methyl sites for hydroxylation is 3. The van der Waals surface area contributed by atoms with E-state index in [2.05, 4.69) is 41.0 Å². The number of ketones is 1. The minimum absolute atomic E-state index is 0.0525. The predicted molar refractivity (Wildman–Crippen MR) is 165 cm³/mol. The van der Waals surface area contributed by atoms with Gasteiger partial charge in [-0.05, 0) is 67.1 Å². The minimum atomic E-state index is -0.0525. The van der Waals surface area contributed by atoms with Crippen molar-refractivity contribution in [1.29, 1.82) is 0 Å². The average molecular weight is 557 g/mol. The lowest BCUT2D eigenvalue weighted by Gasteiger charge is -2.35. The lowest BCUT2D eigenvalue weighted by Crippen LogP contribution is -2.48. The zero-order valence-electron chi connectivity index (χ0n) is 25.2. The van der Waals surface area contributed by atoms with E-state index in [0.29, 0.717) is 36.9 Å². The molecule has 41 heavy (non-hydrogen) atoms. The molecule has 5 rings (SSSR count). The predicted octanol–water partition coefficient (Wildman–Crippen LogP) is 5.19. The third-order valence-corrected chi connectivity index (χ3v) is 8.34. The Labute approximate surface area is 244 Å². The standard InChI is InChI=1S/C33H44N6O2/c1-24-20-26(32(41)39-22-27-21-34-36(5)31(27)35-29-8-6-7-9-30(29)39)11-10-25(24)12-13-28(40)23-38-18-16-37(17-19-38)15-14-33(2,3)4/h6-11,20-21,35H,12-19,22-23H2,1-5H3. The second-order valence-corrected chi connectivity index (χ2v) is 12.8. The molecule has 3 aromatic rings. The molecule has 3 heterocycles. The van der Waals surface area contributed by atoms with Crippen LogP contribution in [0.5, 0.6) is 0 Å². The van der Waals surface area contributed by atoms with Gasteiger partial charge in [-0.1, -0.05) is 39.0 Å². The van der Waals surface area contributed by atoms with Crippen molar-refractivity contribution < 1.29 is 9.59 Å². The second-order valence-electron chi connectivity index (χ2n) is 12.8. The van der Waals surface area contributed by atoms with Crippen molar-refractivity contribution in [3.8, 4) is 0 Å². The van der Waals surface area contributed by atoms with Gasteiger partial charge in [0.05, 0.1) is 30.7 Å². The summed E-state index contributed by atoms with van der Waals surface area (Å²) in [6.07, 6.45) is 4.23. The fourth-order valence-corrected chi connectivity index (χ4v) is 5.67. The minimum Gasteiger partial charge on any atom is -0.338 e. The van der Waals surface area contributed by atoms with E-state index in [1.165, 1.54) is 6.42 Å². The Morgan fingerprint density at radius 3 is 2.46 bits per heavy atom. The van der Waals surface area contributed by atoms with Crippen LogP contribution in [0.25, 0.3) is 0 Å². The van der Waals surface area contributed by atoms with E-state index in [4.69, 9.17) is 0 Å². The summed E-state index contributed by atoms with van der Waals surface area (Å²) in [6.45, 7) is 15.0. The Kier molecular flexibility index (Phi) is 8.61. The van der Waals surface area contributed by atoms with Gasteiger partial charge in [0.2, 0.25) is 0 Å². The molecule has 1 N–H and O–H groups in total. The molecule has 0 spiro atoms. The third-order valence-electron chi connectivity index (χ3n) is 8.34. The van der Waals surface area contributed by atoms with Gasteiger partial charge in [0, 0.05) is 50.8 Å². The number of nitrogens with zero attached hydrogens (tertiary/aromatic N) is 5. The molecule has 0 saturated carbocycles. The second kappa shape index (κ2) is 12.2. The van der Waals surface area contributed by atoms with Crippen LogP contribution in [0.4, 0.5) is 17.2 Å². The summed E-state index contributed by atoms with van der Waals surface area (Å²) in [6, 6.07) is 13.7. The van der Waals surface area contributed by atoms with Crippen molar-refractivity contribution in [2.45, 2.75) is 53.5 Å². The maximum atomic E-state index is 13.8. The molecule has 1 aromatic heterocycles. The molecule has 2 aliphatic rings. The molecule has 2 aliphatic heterocycles. The first-order chi connectivity index (χ1) is 19.6. The maximum absolute atomic E-state index is 13.8. The van der Waals surface area contributed by atoms with Gasteiger partial charge in [-0.15, -0.1) is 0 Å². The summed E-state index contributed by atoms with van der Waals surface area (Å²) >= 11 is 0. The molecule has 2 aromatic carbocycles. The van der Waals surface area contributed by atoms with E-state index in [-0.39, 0.29) is 11.7 Å². The Morgan fingerprint density at radius 2 is 1.73 bits per heavy atom. The van der Waals surface area contributed by atoms with Gasteiger partial charge in [0.1, 0.15) is 11.6 Å². The van der Waals surface area contributed by atoms with Crippen molar-refractivity contribution in [3.63, 3.8) is 0 Å². The molecule has 1 fully saturated rings. The molecule has 1 saturated heterocycles. The number of Topliss-reactive ketones (excluding diaryl/α,β-unsaturated/α-hetero) is 1. The fourth-order valence-electron chi connectivity index (χ4n) is 5.67. The largest absolute Gasteiger partial charge is 0.338 e. The first kappa shape index (κ1) is 29.0. The number of benzene rings is 2. The van der Waals surface area contributed by atoms with E-state index < -0.39 is 0 Å². The average Bonchev–Trinajstić information content (AvgIpc) is 3.18. The first-order valence-corrected chi connectivity index (χ1v) is 14.8. The van der Waals surface area contributed by atoms with Gasteiger partial charge in [-0.3, -0.25) is 19.2 Å². The first-order valence-electron chi connectivity index (χ1n) is 14.8. The van der Waals surface area contributed by atoms with Crippen molar-refractivity contribution in [1.82, 2.24) is 19.6 Å². The van der Waals surface area contributed by atoms with E-state index in [1.807, 2.05) is 67.5 Å². The normalized spacial score (nSPS) is 16.1. The SMILES string of the molecule is Cc1cc(C(=O)N2Cc3cnn(C)c3Nc3ccccc32)ccc1CCC(=O)CN1CCN(CCC(C)(C)C)CC1. The van der Waals surface area contributed by atoms with Crippen molar-refractivity contribution in [3.05, 3.63) is 70.9 Å². The number of aromatic nitrogens is 2. The van der Waals surface area contributed by atoms with Gasteiger partial charge in [-0.2, -0.15) is 5.10 Å². The van der Waals surface area contributed by atoms with Crippen LogP contribution >= 0.6 is 0 Å². The summed E-state index contributed by atoms with van der Waals surface area (Å²) in [4.78, 5) is 33.3. The molecule has 0 radical (unpaired) electrons. The van der Waals surface area contributed by atoms with E-state index in [1.54, 1.807) is 4.68 Å². The van der Waals surface area contributed by atoms with Crippen LogP contribution < -0.4 is 10.2 Å². The zero-order chi connectivity index (χ0) is 29.1. The quantitative estimate of drug-likeness (QED) is 0.412. The molecule has 0 aliphatic carbocycles. The van der Waals surface area contributed by atoms with Crippen molar-refractivity contribution in [2.75, 3.05) is 49.5 Å². The lowest BCUT2D eigenvalue weighted by atomic mass is 9.92. The summed E-state index contributed by atoms with van der Waals surface area (Å²) < 4.78 is 1.80. The number of amides is 1. The van der Waals surface area contributed by atoms with Gasteiger partial charge >= 0.3 is 0 Å². The van der Waals surface area contributed by atoms with Crippen molar-refractivity contribution in [2.24, 2.45) is 12.5 Å². The molecule has 0 atom stereocenters. The molecule has 0 unspecified atom stereocenters. The van der Waals surface area contributed by atoms with E-state index >= 15 is 0 Å². The number of carbonyl (C=O) groups excluding carboxylic acids is 2. The van der Waals surface area contributed by atoms with Crippen molar-refractivity contribution >= 4 is 28.9 Å². The third kappa shape index (κ3) is 7.05. The Morgan fingerprint density at radius 1 is 1.00 bits per heavy atom. The smallest absolute Gasteiger partial charge is 0.258 e. The van der Waals surface area contributed by atoms with E-state index in [0.717, 1.165) is 66.6 Å². The van der Waals surface area contributed by atoms with Crippen LogP contribution in [-0.2, 0) is 24.8 Å². The number of piperazine rings is 1. The molecule has 1 amide bonds. The van der Waals surface area contributed by atoms with Gasteiger partial charge in [0.25, 0.3) is 5.91 Å². The Balaban J connectivity index is 1.17. The number of para-hydroxylation sites is 2. The van der Waals surface area contributed by atoms with Crippen LogP contribution in [-0.4, -0.2) is 70.5 Å². The summed E-state index contributed by atoms with van der Waals surface area (Å²) in [5.41, 5.74) is 5.85. The van der Waals surface area contributed by atoms with Gasteiger partial charge in [0.15, 0.2) is 0 Å². The molecule has 8 nitrogen and oxygen atoms in total. The van der Waals surface area contributed by atoms with E-state index in [9.17, 15) is 9.59 Å². The lowest BCUT2D eigenvalue weighted by molar-refractivity contribution is -0.120. The van der Waals surface area contributed by atoms with Crippen LogP contribution in [0.2, 0.25) is 0 Å². The fraction of sp³-hybridized carbons (Fsp3) is 0.485. The maximum Gasteiger partial charge on any atom is 0.258 e. The highest BCUT2D eigenvalue weighted by Gasteiger charge is 2.27. The number of nitrogens with one attached hydrogen (secondary N) is 1. The summed E-state index contributed by atoms with van der Waals surface area (Å²) in [7, 11) is 1.90. The summed E-state index contributed by atoms with van der Waals surface area (Å²) in [5, 5.41) is 7.83. The van der Waals surface area contributed by atoms with Gasteiger partial charge < -0.3 is 15.1 Å². The van der Waals surface area contributed by atoms with Crippen LogP contribution in [0.1, 0.15) is 60.7 Å². The van der Waals surface area contributed by atoms with Crippen LogP contribution in [0.15, 0.2) is 48.7 Å². The van der Waals surface area contributed by atoms with Crippen LogP contribution in [0, 0.1) is 12.3 Å². The molecular weight excluding hydrogens is 512 g/mol. The van der Waals surface area contributed by atoms with Crippen LogP contribution in [0.3, 0.4) is 0 Å². The highest BCUT2D eigenvalue weighted by molar-refractivity contribution is 6.08. The van der Waals surface area contributed by atoms with Gasteiger partial charge in [-0.25, -0.2) is 0 Å². The zero-order valence-corrected chi connectivity index (χ0v) is 25.2. The molecule has 8 heteroatoms. The number of fused-ring (bicyclic) bond motifs is 2. The highest BCUT2D eigenvalue weighted by Crippen LogP contribution is 2.36. The number of carbonyl (C=O) groups is 2. The number of rotatable bonds is 8.